The lowest BCUT2D eigenvalue weighted by molar-refractivity contribution is 0.457. The van der Waals surface area contributed by atoms with Gasteiger partial charge in [-0.1, -0.05) is 27.7 Å². The summed E-state index contributed by atoms with van der Waals surface area (Å²) in [6.45, 7) is 14.0. The summed E-state index contributed by atoms with van der Waals surface area (Å²) in [6, 6.07) is 2.45. The van der Waals surface area contributed by atoms with Crippen LogP contribution in [0.1, 0.15) is 40.4 Å². The first-order chi connectivity index (χ1) is 8.29. The molecule has 1 aromatic rings. The van der Waals surface area contributed by atoms with E-state index in [1.54, 1.807) is 0 Å². The first-order valence-electron chi connectivity index (χ1n) is 6.65. The lowest BCUT2D eigenvalue weighted by Gasteiger charge is -2.10. The maximum absolute atomic E-state index is 4.47. The molecule has 0 aromatic carbocycles. The Morgan fingerprint density at radius 2 is 1.67 bits per heavy atom. The second-order valence-corrected chi connectivity index (χ2v) is 6.24. The van der Waals surface area contributed by atoms with Gasteiger partial charge in [0.05, 0.1) is 0 Å². The Kier molecular flexibility index (Phi) is 2.99. The number of hydrogen-bond donors (Lipinski definition) is 2. The lowest BCUT2D eigenvalue weighted by Crippen LogP contribution is -2.13. The van der Waals surface area contributed by atoms with E-state index in [0.29, 0.717) is 16.9 Å². The number of aryl methyl sites for hydroxylation is 1. The highest BCUT2D eigenvalue weighted by Crippen LogP contribution is 2.63. The van der Waals surface area contributed by atoms with Crippen LogP contribution in [-0.4, -0.2) is 22.6 Å². The second kappa shape index (κ2) is 4.11. The Balaban J connectivity index is 2.16. The zero-order valence-electron chi connectivity index (χ0n) is 12.3. The van der Waals surface area contributed by atoms with Crippen LogP contribution >= 0.6 is 0 Å². The molecule has 0 atom stereocenters. The predicted molar refractivity (Wildman–Crippen MR) is 75.9 cm³/mol. The van der Waals surface area contributed by atoms with Crippen molar-refractivity contribution < 1.29 is 0 Å². The van der Waals surface area contributed by atoms with E-state index in [-0.39, 0.29) is 0 Å². The zero-order chi connectivity index (χ0) is 13.6. The fraction of sp³-hybridized carbons (Fsp3) is 0.714. The SMILES string of the molecule is CCNc1cc(NC2C(C)(C)C2(C)C)nc(C)n1. The first-order valence-corrected chi connectivity index (χ1v) is 6.65. The van der Waals surface area contributed by atoms with Crippen molar-refractivity contribution in [3.8, 4) is 0 Å². The molecule has 0 unspecified atom stereocenters. The van der Waals surface area contributed by atoms with Crippen molar-refractivity contribution in [2.75, 3.05) is 17.2 Å². The van der Waals surface area contributed by atoms with Gasteiger partial charge in [0, 0.05) is 18.7 Å². The molecule has 0 aliphatic heterocycles. The van der Waals surface area contributed by atoms with Gasteiger partial charge in [0.2, 0.25) is 0 Å². The third-order valence-electron chi connectivity index (χ3n) is 4.51. The van der Waals surface area contributed by atoms with Crippen molar-refractivity contribution in [2.45, 2.75) is 47.6 Å². The molecule has 1 heterocycles. The van der Waals surface area contributed by atoms with E-state index < -0.39 is 0 Å². The van der Waals surface area contributed by atoms with Gasteiger partial charge >= 0.3 is 0 Å². The number of hydrogen-bond acceptors (Lipinski definition) is 4. The molecule has 1 saturated carbocycles. The molecule has 1 aliphatic carbocycles. The van der Waals surface area contributed by atoms with E-state index in [0.717, 1.165) is 24.0 Å². The Labute approximate surface area is 110 Å². The summed E-state index contributed by atoms with van der Waals surface area (Å²) in [5.41, 5.74) is 0.619. The van der Waals surface area contributed by atoms with Gasteiger partial charge in [0.15, 0.2) is 0 Å². The molecule has 0 amide bonds. The Morgan fingerprint density at radius 3 is 2.17 bits per heavy atom. The smallest absolute Gasteiger partial charge is 0.132 e. The molecule has 2 N–H and O–H groups in total. The van der Waals surface area contributed by atoms with Gasteiger partial charge in [-0.25, -0.2) is 9.97 Å². The van der Waals surface area contributed by atoms with E-state index >= 15 is 0 Å². The van der Waals surface area contributed by atoms with Crippen LogP contribution in [0.4, 0.5) is 11.6 Å². The third kappa shape index (κ3) is 2.04. The first kappa shape index (κ1) is 13.1. The van der Waals surface area contributed by atoms with Crippen LogP contribution in [0.3, 0.4) is 0 Å². The number of nitrogens with zero attached hydrogens (tertiary/aromatic N) is 2. The monoisotopic (exact) mass is 248 g/mol. The molecule has 1 fully saturated rings. The second-order valence-electron chi connectivity index (χ2n) is 6.24. The van der Waals surface area contributed by atoms with Gasteiger partial charge in [-0.15, -0.1) is 0 Å². The molecule has 2 rings (SSSR count). The topological polar surface area (TPSA) is 49.8 Å². The summed E-state index contributed by atoms with van der Waals surface area (Å²) in [4.78, 5) is 8.83. The fourth-order valence-electron chi connectivity index (χ4n) is 2.62. The molecule has 0 bridgehead atoms. The van der Waals surface area contributed by atoms with Gasteiger partial charge in [-0.05, 0) is 24.7 Å². The summed E-state index contributed by atoms with van der Waals surface area (Å²) in [6.07, 6.45) is 0. The highest BCUT2D eigenvalue weighted by atomic mass is 15.1. The largest absolute Gasteiger partial charge is 0.370 e. The molecule has 1 aromatic heterocycles. The molecule has 0 radical (unpaired) electrons. The average molecular weight is 248 g/mol. The number of aromatic nitrogens is 2. The van der Waals surface area contributed by atoms with Gasteiger partial charge in [0.25, 0.3) is 0 Å². The summed E-state index contributed by atoms with van der Waals surface area (Å²) < 4.78 is 0. The summed E-state index contributed by atoms with van der Waals surface area (Å²) in [5.74, 6) is 2.61. The van der Waals surface area contributed by atoms with Crippen molar-refractivity contribution in [2.24, 2.45) is 10.8 Å². The van der Waals surface area contributed by atoms with Crippen LogP contribution in [-0.2, 0) is 0 Å². The molecule has 0 saturated heterocycles. The van der Waals surface area contributed by atoms with Crippen LogP contribution in [0.25, 0.3) is 0 Å². The predicted octanol–water partition coefficient (Wildman–Crippen LogP) is 3.06. The zero-order valence-corrected chi connectivity index (χ0v) is 12.3. The standard InChI is InChI=1S/C14H24N4/c1-7-15-10-8-11(17-9(2)16-10)18-12-13(3,4)14(12,5)6/h8,12H,7H2,1-6H3,(H2,15,16,17,18). The molecular weight excluding hydrogens is 224 g/mol. The van der Waals surface area contributed by atoms with Crippen molar-refractivity contribution in [3.05, 3.63) is 11.9 Å². The van der Waals surface area contributed by atoms with Crippen LogP contribution in [0, 0.1) is 17.8 Å². The van der Waals surface area contributed by atoms with Crippen molar-refractivity contribution in [1.29, 1.82) is 0 Å². The Bertz CT molecular complexity index is 437. The number of rotatable bonds is 4. The normalized spacial score (nSPS) is 20.6. The van der Waals surface area contributed by atoms with Crippen molar-refractivity contribution in [3.63, 3.8) is 0 Å². The molecular formula is C14H24N4. The number of nitrogens with one attached hydrogen (secondary N) is 2. The van der Waals surface area contributed by atoms with Gasteiger partial charge in [-0.2, -0.15) is 0 Å². The van der Waals surface area contributed by atoms with Crippen LogP contribution in [0.5, 0.6) is 0 Å². The average Bonchev–Trinajstić information content (AvgIpc) is 2.60. The van der Waals surface area contributed by atoms with E-state index in [1.807, 2.05) is 13.0 Å². The minimum absolute atomic E-state index is 0.310. The van der Waals surface area contributed by atoms with Gasteiger partial charge in [-0.3, -0.25) is 0 Å². The minimum Gasteiger partial charge on any atom is -0.370 e. The van der Waals surface area contributed by atoms with E-state index in [1.165, 1.54) is 0 Å². The molecule has 18 heavy (non-hydrogen) atoms. The van der Waals surface area contributed by atoms with Crippen molar-refractivity contribution >= 4 is 11.6 Å². The molecule has 1 aliphatic rings. The maximum atomic E-state index is 4.47. The summed E-state index contributed by atoms with van der Waals surface area (Å²) in [5, 5.41) is 6.78. The number of anilines is 2. The third-order valence-corrected chi connectivity index (χ3v) is 4.51. The molecule has 4 nitrogen and oxygen atoms in total. The molecule has 4 heteroatoms. The summed E-state index contributed by atoms with van der Waals surface area (Å²) >= 11 is 0. The van der Waals surface area contributed by atoms with Crippen LogP contribution < -0.4 is 10.6 Å². The summed E-state index contributed by atoms with van der Waals surface area (Å²) in [7, 11) is 0. The maximum Gasteiger partial charge on any atom is 0.132 e. The molecule has 100 valence electrons. The lowest BCUT2D eigenvalue weighted by atomic mass is 10.0. The van der Waals surface area contributed by atoms with Crippen molar-refractivity contribution in [1.82, 2.24) is 9.97 Å². The highest BCUT2D eigenvalue weighted by molar-refractivity contribution is 5.50. The Morgan fingerprint density at radius 1 is 1.11 bits per heavy atom. The highest BCUT2D eigenvalue weighted by Gasteiger charge is 2.65. The quantitative estimate of drug-likeness (QED) is 0.860. The minimum atomic E-state index is 0.310. The van der Waals surface area contributed by atoms with Crippen LogP contribution in [0.2, 0.25) is 0 Å². The van der Waals surface area contributed by atoms with E-state index in [2.05, 4.69) is 55.2 Å². The van der Waals surface area contributed by atoms with E-state index in [4.69, 9.17) is 0 Å². The van der Waals surface area contributed by atoms with Gasteiger partial charge in [0.1, 0.15) is 17.5 Å². The Hall–Kier alpha value is -1.32. The molecule has 0 spiro atoms. The fourth-order valence-corrected chi connectivity index (χ4v) is 2.62. The van der Waals surface area contributed by atoms with Crippen LogP contribution in [0.15, 0.2) is 6.07 Å². The van der Waals surface area contributed by atoms with E-state index in [9.17, 15) is 0 Å². The van der Waals surface area contributed by atoms with Gasteiger partial charge < -0.3 is 10.6 Å².